The van der Waals surface area contributed by atoms with Crippen LogP contribution in [-0.2, 0) is 0 Å². The van der Waals surface area contributed by atoms with Gasteiger partial charge in [0.05, 0.1) is 21.8 Å². The molecule has 2 aromatic rings. The molecule has 1 heterocycles. The molecule has 0 radical (unpaired) electrons. The predicted octanol–water partition coefficient (Wildman–Crippen LogP) is 2.77. The summed E-state index contributed by atoms with van der Waals surface area (Å²) >= 11 is 4.48. The highest BCUT2D eigenvalue weighted by Crippen LogP contribution is 2.36. The van der Waals surface area contributed by atoms with E-state index < -0.39 is 5.97 Å². The maximum absolute atomic E-state index is 10.7. The monoisotopic (exact) mass is 287 g/mol. The predicted molar refractivity (Wildman–Crippen MR) is 60.8 cm³/mol. The molecule has 4 nitrogen and oxygen atoms in total. The fraction of sp³-hybridized carbons (Fsp3) is 0.111. The average Bonchev–Trinajstić information content (AvgIpc) is 2.63. The van der Waals surface area contributed by atoms with E-state index in [0.717, 1.165) is 20.5 Å². The molecule has 1 N–H and O–H groups in total. The van der Waals surface area contributed by atoms with Crippen LogP contribution in [0.3, 0.4) is 0 Å². The lowest BCUT2D eigenvalue weighted by molar-refractivity contribution is 0.0696. The number of rotatable bonds is 2. The van der Waals surface area contributed by atoms with E-state index in [2.05, 4.69) is 20.9 Å². The Balaban J connectivity index is 2.71. The lowest BCUT2D eigenvalue weighted by atomic mass is 10.3. The molecule has 6 heteroatoms. The summed E-state index contributed by atoms with van der Waals surface area (Å²) in [5, 5.41) is 8.89. The van der Waals surface area contributed by atoms with Crippen LogP contribution in [0.1, 0.15) is 9.80 Å². The van der Waals surface area contributed by atoms with Gasteiger partial charge in [-0.2, -0.15) is 0 Å². The summed E-state index contributed by atoms with van der Waals surface area (Å²) in [6, 6.07) is 3.49. The summed E-state index contributed by atoms with van der Waals surface area (Å²) < 4.78 is 6.63. The summed E-state index contributed by atoms with van der Waals surface area (Å²) in [4.78, 5) is 14.7. The van der Waals surface area contributed by atoms with Gasteiger partial charge in [-0.15, -0.1) is 11.3 Å². The maximum Gasteiger partial charge on any atom is 0.365 e. The number of nitrogens with zero attached hydrogens (tertiary/aromatic N) is 1. The third-order valence-electron chi connectivity index (χ3n) is 1.86. The number of carboxylic acid groups (broad SMARTS) is 1. The summed E-state index contributed by atoms with van der Waals surface area (Å²) in [6.07, 6.45) is 0. The quantitative estimate of drug-likeness (QED) is 0.923. The lowest BCUT2D eigenvalue weighted by Crippen LogP contribution is -1.93. The number of hydrogen-bond donors (Lipinski definition) is 1. The largest absolute Gasteiger partial charge is 0.496 e. The molecule has 15 heavy (non-hydrogen) atoms. The number of halogens is 1. The first kappa shape index (κ1) is 10.4. The Morgan fingerprint density at radius 2 is 2.33 bits per heavy atom. The summed E-state index contributed by atoms with van der Waals surface area (Å²) in [6.45, 7) is 0. The van der Waals surface area contributed by atoms with Gasteiger partial charge in [0, 0.05) is 0 Å². The number of carbonyl (C=O) groups is 1. The number of hydrogen-bond acceptors (Lipinski definition) is 4. The molecule has 0 unspecified atom stereocenters. The van der Waals surface area contributed by atoms with Crippen LogP contribution < -0.4 is 4.74 Å². The normalized spacial score (nSPS) is 10.5. The van der Waals surface area contributed by atoms with Crippen LogP contribution in [0.5, 0.6) is 5.75 Å². The molecule has 0 spiro atoms. The first-order valence-electron chi connectivity index (χ1n) is 4.00. The van der Waals surface area contributed by atoms with Gasteiger partial charge in [0.2, 0.25) is 5.01 Å². The number of ether oxygens (including phenoxy) is 1. The van der Waals surface area contributed by atoms with E-state index in [-0.39, 0.29) is 5.01 Å². The van der Waals surface area contributed by atoms with Crippen molar-refractivity contribution in [2.24, 2.45) is 0 Å². The fourth-order valence-corrected chi connectivity index (χ4v) is 2.76. The molecule has 0 aliphatic rings. The van der Waals surface area contributed by atoms with E-state index in [1.807, 2.05) is 0 Å². The number of benzene rings is 1. The van der Waals surface area contributed by atoms with E-state index in [4.69, 9.17) is 9.84 Å². The third-order valence-corrected chi connectivity index (χ3v) is 3.99. The Bertz CT molecular complexity index is 537. The molecule has 1 aromatic carbocycles. The Kier molecular flexibility index (Phi) is 2.62. The van der Waals surface area contributed by atoms with Crippen LogP contribution in [-0.4, -0.2) is 23.2 Å². The van der Waals surface area contributed by atoms with Gasteiger partial charge >= 0.3 is 5.97 Å². The molecule has 0 bridgehead atoms. The Labute approximate surface area is 97.6 Å². The van der Waals surface area contributed by atoms with Gasteiger partial charge in [-0.05, 0) is 28.1 Å². The van der Waals surface area contributed by atoms with Gasteiger partial charge in [0.25, 0.3) is 0 Å². The zero-order valence-corrected chi connectivity index (χ0v) is 10.1. The average molecular weight is 288 g/mol. The van der Waals surface area contributed by atoms with Crippen LogP contribution in [0.25, 0.3) is 10.2 Å². The van der Waals surface area contributed by atoms with Crippen molar-refractivity contribution >= 4 is 43.5 Å². The topological polar surface area (TPSA) is 59.4 Å². The molecule has 78 valence electrons. The smallest absolute Gasteiger partial charge is 0.365 e. The van der Waals surface area contributed by atoms with Gasteiger partial charge in [0.15, 0.2) is 0 Å². The molecule has 1 aromatic heterocycles. The van der Waals surface area contributed by atoms with Crippen molar-refractivity contribution in [3.63, 3.8) is 0 Å². The van der Waals surface area contributed by atoms with Gasteiger partial charge in [-0.3, -0.25) is 0 Å². The van der Waals surface area contributed by atoms with Crippen molar-refractivity contribution in [2.75, 3.05) is 7.11 Å². The van der Waals surface area contributed by atoms with E-state index in [1.54, 1.807) is 19.2 Å². The SMILES string of the molecule is COc1ccc2nc(C(=O)O)sc2c1Br. The lowest BCUT2D eigenvalue weighted by Gasteiger charge is -2.01. The first-order valence-corrected chi connectivity index (χ1v) is 5.60. The molecule has 2 rings (SSSR count). The van der Waals surface area contributed by atoms with Gasteiger partial charge in [0.1, 0.15) is 5.75 Å². The van der Waals surface area contributed by atoms with E-state index in [9.17, 15) is 4.79 Å². The number of aromatic carboxylic acids is 1. The third kappa shape index (κ3) is 1.70. The minimum absolute atomic E-state index is 0.0824. The number of fused-ring (bicyclic) bond motifs is 1. The van der Waals surface area contributed by atoms with Gasteiger partial charge < -0.3 is 9.84 Å². The van der Waals surface area contributed by atoms with Crippen LogP contribution in [0, 0.1) is 0 Å². The van der Waals surface area contributed by atoms with Crippen molar-refractivity contribution in [1.29, 1.82) is 0 Å². The zero-order chi connectivity index (χ0) is 11.0. The second kappa shape index (κ2) is 3.79. The highest BCUT2D eigenvalue weighted by molar-refractivity contribution is 9.10. The first-order chi connectivity index (χ1) is 7.13. The summed E-state index contributed by atoms with van der Waals surface area (Å²) in [5.41, 5.74) is 0.657. The van der Waals surface area contributed by atoms with Crippen LogP contribution in [0.4, 0.5) is 0 Å². The van der Waals surface area contributed by atoms with Crippen molar-refractivity contribution < 1.29 is 14.6 Å². The second-order valence-electron chi connectivity index (χ2n) is 2.75. The Morgan fingerprint density at radius 3 is 2.93 bits per heavy atom. The Morgan fingerprint density at radius 1 is 1.60 bits per heavy atom. The molecule has 0 aliphatic carbocycles. The number of methoxy groups -OCH3 is 1. The zero-order valence-electron chi connectivity index (χ0n) is 7.65. The standard InChI is InChI=1S/C9H6BrNO3S/c1-14-5-3-2-4-7(6(5)10)15-8(11-4)9(12)13/h2-3H,1H3,(H,12,13). The molecular weight excluding hydrogens is 282 g/mol. The van der Waals surface area contributed by atoms with Gasteiger partial charge in [-0.25, -0.2) is 9.78 Å². The van der Waals surface area contributed by atoms with Crippen molar-refractivity contribution in [2.45, 2.75) is 0 Å². The maximum atomic E-state index is 10.7. The molecule has 0 saturated carbocycles. The summed E-state index contributed by atoms with van der Waals surface area (Å²) in [5.74, 6) is -0.342. The highest BCUT2D eigenvalue weighted by Gasteiger charge is 2.14. The number of aromatic nitrogens is 1. The Hall–Kier alpha value is -1.14. The second-order valence-corrected chi connectivity index (χ2v) is 4.55. The minimum Gasteiger partial charge on any atom is -0.496 e. The molecule has 0 amide bonds. The van der Waals surface area contributed by atoms with E-state index in [0.29, 0.717) is 11.3 Å². The van der Waals surface area contributed by atoms with Gasteiger partial charge in [-0.1, -0.05) is 0 Å². The van der Waals surface area contributed by atoms with Crippen LogP contribution >= 0.6 is 27.3 Å². The summed E-state index contributed by atoms with van der Waals surface area (Å²) in [7, 11) is 1.56. The molecule has 0 fully saturated rings. The van der Waals surface area contributed by atoms with Crippen LogP contribution in [0.15, 0.2) is 16.6 Å². The molecule has 0 aliphatic heterocycles. The van der Waals surface area contributed by atoms with Crippen molar-refractivity contribution in [3.8, 4) is 5.75 Å². The van der Waals surface area contributed by atoms with Crippen LogP contribution in [0.2, 0.25) is 0 Å². The minimum atomic E-state index is -1.01. The van der Waals surface area contributed by atoms with Crippen molar-refractivity contribution in [1.82, 2.24) is 4.98 Å². The van der Waals surface area contributed by atoms with E-state index >= 15 is 0 Å². The number of carboxylic acids is 1. The number of thiazole rings is 1. The fourth-order valence-electron chi connectivity index (χ4n) is 1.19. The molecular formula is C9H6BrNO3S. The molecule has 0 atom stereocenters. The van der Waals surface area contributed by atoms with E-state index in [1.165, 1.54) is 0 Å². The van der Waals surface area contributed by atoms with Crippen molar-refractivity contribution in [3.05, 3.63) is 21.6 Å². The molecule has 0 saturated heterocycles. The highest BCUT2D eigenvalue weighted by atomic mass is 79.9.